The Morgan fingerprint density at radius 1 is 0.906 bits per heavy atom. The first kappa shape index (κ1) is 21.5. The highest BCUT2D eigenvalue weighted by Gasteiger charge is 2.50. The number of halogens is 2. The van der Waals surface area contributed by atoms with Gasteiger partial charge in [0, 0.05) is 12.1 Å². The van der Waals surface area contributed by atoms with Crippen LogP contribution >= 0.6 is 23.2 Å². The summed E-state index contributed by atoms with van der Waals surface area (Å²) in [6.07, 6.45) is 1.19. The first-order valence-electron chi connectivity index (χ1n) is 10.2. The lowest BCUT2D eigenvalue weighted by Crippen LogP contribution is -2.48. The monoisotopic (exact) mass is 487 g/mol. The van der Waals surface area contributed by atoms with Gasteiger partial charge in [0.15, 0.2) is 5.60 Å². The van der Waals surface area contributed by atoms with Crippen LogP contribution in [0.25, 0.3) is 11.1 Å². The molecule has 1 fully saturated rings. The van der Waals surface area contributed by atoms with Crippen LogP contribution in [0.5, 0.6) is 0 Å². The maximum absolute atomic E-state index is 13.4. The number of nitrogens with zero attached hydrogens (tertiary/aromatic N) is 1. The summed E-state index contributed by atoms with van der Waals surface area (Å²) in [6, 6.07) is 19.2. The number of hydrogen-bond acceptors (Lipinski definition) is 4. The van der Waals surface area contributed by atoms with Crippen molar-refractivity contribution < 1.29 is 17.9 Å². The van der Waals surface area contributed by atoms with Crippen LogP contribution in [-0.4, -0.2) is 31.8 Å². The lowest BCUT2D eigenvalue weighted by atomic mass is 9.86. The van der Waals surface area contributed by atoms with E-state index < -0.39 is 21.6 Å². The minimum absolute atomic E-state index is 0.104. The minimum atomic E-state index is -3.76. The van der Waals surface area contributed by atoms with E-state index in [1.165, 1.54) is 4.31 Å². The van der Waals surface area contributed by atoms with Crippen LogP contribution in [0.1, 0.15) is 28.8 Å². The molecule has 0 bridgehead atoms. The SMILES string of the molecule is O=C1OC2(CCCN(S(=O)(=O)c3ccc(-c4ccc(Cl)c(Cl)c4)cc3)C2)c2ccccc21. The van der Waals surface area contributed by atoms with E-state index in [2.05, 4.69) is 0 Å². The summed E-state index contributed by atoms with van der Waals surface area (Å²) in [7, 11) is -3.76. The third kappa shape index (κ3) is 3.52. The van der Waals surface area contributed by atoms with Crippen LogP contribution in [0.15, 0.2) is 71.6 Å². The number of sulfonamides is 1. The van der Waals surface area contributed by atoms with Gasteiger partial charge in [-0.05, 0) is 54.3 Å². The van der Waals surface area contributed by atoms with Crippen molar-refractivity contribution in [2.45, 2.75) is 23.3 Å². The van der Waals surface area contributed by atoms with Crippen LogP contribution in [0.4, 0.5) is 0 Å². The fourth-order valence-electron chi connectivity index (χ4n) is 4.48. The molecule has 2 aliphatic heterocycles. The molecule has 0 saturated carbocycles. The summed E-state index contributed by atoms with van der Waals surface area (Å²) in [4.78, 5) is 12.6. The molecule has 3 aromatic carbocycles. The smallest absolute Gasteiger partial charge is 0.339 e. The number of rotatable bonds is 3. The fraction of sp³-hybridized carbons (Fsp3) is 0.208. The van der Waals surface area contributed by atoms with Crippen molar-refractivity contribution in [1.82, 2.24) is 4.31 Å². The van der Waals surface area contributed by atoms with Gasteiger partial charge in [0.2, 0.25) is 10.0 Å². The first-order chi connectivity index (χ1) is 15.3. The Balaban J connectivity index is 1.43. The number of esters is 1. The van der Waals surface area contributed by atoms with Crippen LogP contribution in [0.2, 0.25) is 10.0 Å². The summed E-state index contributed by atoms with van der Waals surface area (Å²) in [5, 5.41) is 0.897. The highest BCUT2D eigenvalue weighted by atomic mass is 35.5. The van der Waals surface area contributed by atoms with E-state index in [1.807, 2.05) is 18.2 Å². The van der Waals surface area contributed by atoms with Gasteiger partial charge in [-0.2, -0.15) is 4.31 Å². The number of piperidine rings is 1. The Bertz CT molecular complexity index is 1320. The van der Waals surface area contributed by atoms with E-state index in [-0.39, 0.29) is 11.4 Å². The van der Waals surface area contributed by atoms with Crippen molar-refractivity contribution >= 4 is 39.2 Å². The van der Waals surface area contributed by atoms with Crippen molar-refractivity contribution in [3.8, 4) is 11.1 Å². The van der Waals surface area contributed by atoms with Crippen LogP contribution < -0.4 is 0 Å². The average molecular weight is 488 g/mol. The number of ether oxygens (including phenoxy) is 1. The summed E-state index contributed by atoms with van der Waals surface area (Å²) in [5.74, 6) is -0.397. The molecule has 1 saturated heterocycles. The van der Waals surface area contributed by atoms with Crippen molar-refractivity contribution in [2.24, 2.45) is 0 Å². The highest BCUT2D eigenvalue weighted by Crippen LogP contribution is 2.44. The molecular formula is C24H19Cl2NO4S. The summed E-state index contributed by atoms with van der Waals surface area (Å²) in [5.41, 5.74) is 2.02. The van der Waals surface area contributed by atoms with Crippen LogP contribution in [0.3, 0.4) is 0 Å². The molecule has 8 heteroatoms. The zero-order valence-corrected chi connectivity index (χ0v) is 19.3. The summed E-state index contributed by atoms with van der Waals surface area (Å²) >= 11 is 12.1. The molecule has 0 aliphatic carbocycles. The standard InChI is InChI=1S/C24H19Cl2NO4S/c25-21-11-8-17(14-22(21)26)16-6-9-18(10-7-16)32(29,30)27-13-3-12-24(15-27)20-5-2-1-4-19(20)23(28)31-24/h1-2,4-11,14H,3,12-13,15H2. The Hall–Kier alpha value is -2.38. The normalized spacial score (nSPS) is 20.9. The lowest BCUT2D eigenvalue weighted by molar-refractivity contribution is -0.0345. The number of hydrogen-bond donors (Lipinski definition) is 0. The molecule has 0 N–H and O–H groups in total. The molecule has 2 heterocycles. The molecule has 1 atom stereocenters. The van der Waals surface area contributed by atoms with Crippen molar-refractivity contribution in [1.29, 1.82) is 0 Å². The van der Waals surface area contributed by atoms with Gasteiger partial charge in [-0.1, -0.05) is 59.6 Å². The molecule has 32 heavy (non-hydrogen) atoms. The largest absolute Gasteiger partial charge is 0.449 e. The molecule has 0 aromatic heterocycles. The molecule has 1 unspecified atom stereocenters. The topological polar surface area (TPSA) is 63.7 Å². The summed E-state index contributed by atoms with van der Waals surface area (Å²) < 4.78 is 34.0. The van der Waals surface area contributed by atoms with E-state index in [0.29, 0.717) is 35.0 Å². The third-order valence-corrected chi connectivity index (χ3v) is 8.69. The van der Waals surface area contributed by atoms with E-state index in [4.69, 9.17) is 27.9 Å². The Morgan fingerprint density at radius 3 is 2.38 bits per heavy atom. The second kappa shape index (κ2) is 7.89. The van der Waals surface area contributed by atoms with Crippen molar-refractivity contribution in [3.63, 3.8) is 0 Å². The maximum atomic E-state index is 13.4. The first-order valence-corrected chi connectivity index (χ1v) is 12.4. The van der Waals surface area contributed by atoms with Crippen molar-refractivity contribution in [3.05, 3.63) is 87.9 Å². The van der Waals surface area contributed by atoms with Crippen LogP contribution in [0, 0.1) is 0 Å². The maximum Gasteiger partial charge on any atom is 0.339 e. The van der Waals surface area contributed by atoms with E-state index in [0.717, 1.165) is 16.7 Å². The van der Waals surface area contributed by atoms with Gasteiger partial charge in [0.25, 0.3) is 0 Å². The fourth-order valence-corrected chi connectivity index (χ4v) is 6.31. The number of fused-ring (bicyclic) bond motifs is 2. The molecular weight excluding hydrogens is 469 g/mol. The molecule has 2 aliphatic rings. The second-order valence-corrected chi connectivity index (χ2v) is 10.8. The van der Waals surface area contributed by atoms with Gasteiger partial charge in [-0.25, -0.2) is 13.2 Å². The Labute approximate surface area is 196 Å². The number of benzene rings is 3. The average Bonchev–Trinajstić information content (AvgIpc) is 3.07. The number of carbonyl (C=O) groups excluding carboxylic acids is 1. The van der Waals surface area contributed by atoms with Gasteiger partial charge in [0.05, 0.1) is 27.0 Å². The van der Waals surface area contributed by atoms with Crippen LogP contribution in [-0.2, 0) is 20.4 Å². The minimum Gasteiger partial charge on any atom is -0.449 e. The van der Waals surface area contributed by atoms with Crippen molar-refractivity contribution in [2.75, 3.05) is 13.1 Å². The van der Waals surface area contributed by atoms with Gasteiger partial charge < -0.3 is 4.74 Å². The predicted molar refractivity (Wildman–Crippen MR) is 123 cm³/mol. The molecule has 0 amide bonds. The molecule has 5 rings (SSSR count). The zero-order valence-electron chi connectivity index (χ0n) is 16.9. The van der Waals surface area contributed by atoms with Gasteiger partial charge in [-0.15, -0.1) is 0 Å². The van der Waals surface area contributed by atoms with E-state index in [1.54, 1.807) is 48.5 Å². The quantitative estimate of drug-likeness (QED) is 0.456. The Kier molecular flexibility index (Phi) is 5.29. The second-order valence-electron chi connectivity index (χ2n) is 8.02. The molecule has 3 aromatic rings. The third-order valence-electron chi connectivity index (χ3n) is 6.09. The predicted octanol–water partition coefficient (Wildman–Crippen LogP) is 5.51. The lowest BCUT2D eigenvalue weighted by Gasteiger charge is -2.38. The van der Waals surface area contributed by atoms with E-state index >= 15 is 0 Å². The van der Waals surface area contributed by atoms with E-state index in [9.17, 15) is 13.2 Å². The Morgan fingerprint density at radius 2 is 1.62 bits per heavy atom. The zero-order chi connectivity index (χ0) is 22.5. The summed E-state index contributed by atoms with van der Waals surface area (Å²) in [6.45, 7) is 0.477. The van der Waals surface area contributed by atoms with Gasteiger partial charge in [-0.3, -0.25) is 0 Å². The number of carbonyl (C=O) groups is 1. The molecule has 0 radical (unpaired) electrons. The molecule has 164 valence electrons. The van der Waals surface area contributed by atoms with Gasteiger partial charge in [0.1, 0.15) is 0 Å². The molecule has 1 spiro atoms. The molecule has 5 nitrogen and oxygen atoms in total. The highest BCUT2D eigenvalue weighted by molar-refractivity contribution is 7.89. The van der Waals surface area contributed by atoms with Gasteiger partial charge >= 0.3 is 5.97 Å².